The molecule has 0 unspecified atom stereocenters. The number of nitrogens with one attached hydrogen (secondary N) is 1. The van der Waals surface area contributed by atoms with E-state index in [0.29, 0.717) is 30.2 Å². The Balaban J connectivity index is 1.63. The third kappa shape index (κ3) is 6.52. The van der Waals surface area contributed by atoms with Crippen molar-refractivity contribution < 1.29 is 17.6 Å². The molecule has 3 rings (SSSR count). The molecule has 0 aliphatic rings. The van der Waals surface area contributed by atoms with Gasteiger partial charge < -0.3 is 9.73 Å². The molecule has 0 radical (unpaired) electrons. The molecule has 0 bridgehead atoms. The molecule has 0 aliphatic heterocycles. The van der Waals surface area contributed by atoms with Gasteiger partial charge in [0, 0.05) is 11.6 Å². The van der Waals surface area contributed by atoms with E-state index in [2.05, 4.69) is 10.3 Å². The molecule has 6 nitrogen and oxygen atoms in total. The lowest BCUT2D eigenvalue weighted by Gasteiger charge is -2.17. The zero-order valence-electron chi connectivity index (χ0n) is 18.1. The van der Waals surface area contributed by atoms with Gasteiger partial charge in [-0.05, 0) is 44.4 Å². The van der Waals surface area contributed by atoms with E-state index >= 15 is 0 Å². The minimum Gasteiger partial charge on any atom is -0.441 e. The first-order valence-electron chi connectivity index (χ1n) is 10.3. The molecule has 1 aromatic heterocycles. The van der Waals surface area contributed by atoms with Crippen molar-refractivity contribution in [1.82, 2.24) is 10.3 Å². The lowest BCUT2D eigenvalue weighted by atomic mass is 10.0. The number of aryl methyl sites for hydroxylation is 2. The van der Waals surface area contributed by atoms with Gasteiger partial charge in [0.05, 0.1) is 11.4 Å². The van der Waals surface area contributed by atoms with Gasteiger partial charge in [-0.2, -0.15) is 0 Å². The number of sulfone groups is 1. The van der Waals surface area contributed by atoms with Gasteiger partial charge in [-0.1, -0.05) is 55.0 Å². The van der Waals surface area contributed by atoms with Crippen LogP contribution in [0, 0.1) is 13.8 Å². The van der Waals surface area contributed by atoms with Crippen molar-refractivity contribution in [3.63, 3.8) is 0 Å². The summed E-state index contributed by atoms with van der Waals surface area (Å²) in [5.74, 6) is -0.597. The van der Waals surface area contributed by atoms with Crippen LogP contribution in [-0.2, 0) is 26.8 Å². The van der Waals surface area contributed by atoms with Crippen LogP contribution in [0.25, 0.3) is 11.5 Å². The number of oxazole rings is 1. The fourth-order valence-corrected chi connectivity index (χ4v) is 4.58. The predicted octanol–water partition coefficient (Wildman–Crippen LogP) is 4.01. The van der Waals surface area contributed by atoms with Crippen molar-refractivity contribution in [3.8, 4) is 11.5 Å². The molecular weight excluding hydrogens is 412 g/mol. The summed E-state index contributed by atoms with van der Waals surface area (Å²) in [6, 6.07) is 17.3. The number of rotatable bonds is 9. The summed E-state index contributed by atoms with van der Waals surface area (Å²) in [7, 11) is -3.69. The van der Waals surface area contributed by atoms with Gasteiger partial charge in [0.25, 0.3) is 0 Å². The number of hydrogen-bond donors (Lipinski definition) is 1. The predicted molar refractivity (Wildman–Crippen MR) is 121 cm³/mol. The van der Waals surface area contributed by atoms with Crippen molar-refractivity contribution in [2.75, 3.05) is 5.75 Å². The smallest absolute Gasteiger partial charge is 0.235 e. The van der Waals surface area contributed by atoms with Crippen LogP contribution in [0.5, 0.6) is 0 Å². The van der Waals surface area contributed by atoms with Crippen LogP contribution in [0.15, 0.2) is 59.0 Å². The standard InChI is InChI=1S/C24H28N2O4S/c1-4-21(14-19-8-6-5-7-9-19)25-23(27)16-31(28,29)15-22-18(3)30-24(26-22)20-12-10-17(2)11-13-20/h5-13,21H,4,14-16H2,1-3H3,(H,25,27)/t21-/m0/s1. The summed E-state index contributed by atoms with van der Waals surface area (Å²) in [6.07, 6.45) is 1.37. The van der Waals surface area contributed by atoms with Gasteiger partial charge in [-0.15, -0.1) is 0 Å². The van der Waals surface area contributed by atoms with E-state index in [-0.39, 0.29) is 11.8 Å². The molecule has 0 saturated carbocycles. The maximum absolute atomic E-state index is 12.6. The van der Waals surface area contributed by atoms with Gasteiger partial charge in [0.2, 0.25) is 11.8 Å². The van der Waals surface area contributed by atoms with E-state index in [0.717, 1.165) is 16.7 Å². The van der Waals surface area contributed by atoms with Crippen LogP contribution >= 0.6 is 0 Å². The molecule has 1 N–H and O–H groups in total. The summed E-state index contributed by atoms with van der Waals surface area (Å²) in [4.78, 5) is 16.8. The molecule has 0 aliphatic carbocycles. The molecule has 2 aromatic carbocycles. The first-order chi connectivity index (χ1) is 14.8. The molecule has 0 spiro atoms. The van der Waals surface area contributed by atoms with Crippen LogP contribution in [0.1, 0.15) is 35.9 Å². The Bertz CT molecular complexity index is 1120. The number of nitrogens with zero attached hydrogens (tertiary/aromatic N) is 1. The molecule has 7 heteroatoms. The van der Waals surface area contributed by atoms with E-state index in [9.17, 15) is 13.2 Å². The minimum atomic E-state index is -3.69. The quantitative estimate of drug-likeness (QED) is 0.543. The van der Waals surface area contributed by atoms with Gasteiger partial charge >= 0.3 is 0 Å². The van der Waals surface area contributed by atoms with Crippen LogP contribution in [0.3, 0.4) is 0 Å². The van der Waals surface area contributed by atoms with Crippen molar-refractivity contribution in [3.05, 3.63) is 77.2 Å². The Morgan fingerprint density at radius 3 is 2.39 bits per heavy atom. The topological polar surface area (TPSA) is 89.3 Å². The van der Waals surface area contributed by atoms with Crippen LogP contribution in [0.2, 0.25) is 0 Å². The number of aromatic nitrogens is 1. The molecule has 0 saturated heterocycles. The Kier molecular flexibility index (Phi) is 7.28. The summed E-state index contributed by atoms with van der Waals surface area (Å²) < 4.78 is 30.9. The van der Waals surface area contributed by atoms with Crippen LogP contribution in [0.4, 0.5) is 0 Å². The second-order valence-corrected chi connectivity index (χ2v) is 9.85. The maximum Gasteiger partial charge on any atom is 0.235 e. The summed E-state index contributed by atoms with van der Waals surface area (Å²) in [5, 5.41) is 2.85. The van der Waals surface area contributed by atoms with Crippen molar-refractivity contribution in [2.45, 2.75) is 45.4 Å². The van der Waals surface area contributed by atoms with E-state index in [1.165, 1.54) is 0 Å². The normalized spacial score (nSPS) is 12.5. The fourth-order valence-electron chi connectivity index (χ4n) is 3.31. The minimum absolute atomic E-state index is 0.118. The SMILES string of the molecule is CC[C@@H](Cc1ccccc1)NC(=O)CS(=O)(=O)Cc1nc(-c2ccc(C)cc2)oc1C. The molecule has 3 aromatic rings. The largest absolute Gasteiger partial charge is 0.441 e. The number of amides is 1. The van der Waals surface area contributed by atoms with E-state index in [1.54, 1.807) is 6.92 Å². The lowest BCUT2D eigenvalue weighted by molar-refractivity contribution is -0.119. The second kappa shape index (κ2) is 9.92. The molecule has 164 valence electrons. The molecule has 1 amide bonds. The highest BCUT2D eigenvalue weighted by Crippen LogP contribution is 2.23. The molecule has 1 heterocycles. The third-order valence-electron chi connectivity index (χ3n) is 5.08. The highest BCUT2D eigenvalue weighted by Gasteiger charge is 2.23. The lowest BCUT2D eigenvalue weighted by Crippen LogP contribution is -2.39. The zero-order chi connectivity index (χ0) is 22.4. The summed E-state index contributed by atoms with van der Waals surface area (Å²) in [6.45, 7) is 5.63. The summed E-state index contributed by atoms with van der Waals surface area (Å²) >= 11 is 0. The highest BCUT2D eigenvalue weighted by molar-refractivity contribution is 7.91. The Morgan fingerprint density at radius 2 is 1.74 bits per heavy atom. The number of hydrogen-bond acceptors (Lipinski definition) is 5. The monoisotopic (exact) mass is 440 g/mol. The summed E-state index contributed by atoms with van der Waals surface area (Å²) in [5.41, 5.74) is 3.32. The number of carbonyl (C=O) groups is 1. The average molecular weight is 441 g/mol. The molecule has 1 atom stereocenters. The van der Waals surface area contributed by atoms with Gasteiger partial charge in [-0.3, -0.25) is 4.79 Å². The second-order valence-electron chi connectivity index (χ2n) is 7.78. The molecular formula is C24H28N2O4S. The average Bonchev–Trinajstić information content (AvgIpc) is 3.07. The Hall–Kier alpha value is -2.93. The van der Waals surface area contributed by atoms with Crippen LogP contribution in [-0.4, -0.2) is 31.1 Å². The van der Waals surface area contributed by atoms with Crippen molar-refractivity contribution >= 4 is 15.7 Å². The first kappa shape index (κ1) is 22.7. The van der Waals surface area contributed by atoms with E-state index < -0.39 is 21.5 Å². The number of benzene rings is 2. The molecule has 0 fully saturated rings. The van der Waals surface area contributed by atoms with Crippen LogP contribution < -0.4 is 5.32 Å². The Labute approximate surface area is 183 Å². The van der Waals surface area contributed by atoms with Crippen molar-refractivity contribution in [1.29, 1.82) is 0 Å². The number of carbonyl (C=O) groups excluding carboxylic acids is 1. The maximum atomic E-state index is 12.6. The highest BCUT2D eigenvalue weighted by atomic mass is 32.2. The van der Waals surface area contributed by atoms with E-state index in [4.69, 9.17) is 4.42 Å². The zero-order valence-corrected chi connectivity index (χ0v) is 18.9. The van der Waals surface area contributed by atoms with Crippen molar-refractivity contribution in [2.24, 2.45) is 0 Å². The van der Waals surface area contributed by atoms with Gasteiger partial charge in [0.15, 0.2) is 9.84 Å². The first-order valence-corrected chi connectivity index (χ1v) is 12.1. The van der Waals surface area contributed by atoms with Gasteiger partial charge in [-0.25, -0.2) is 13.4 Å². The van der Waals surface area contributed by atoms with E-state index in [1.807, 2.05) is 68.4 Å². The van der Waals surface area contributed by atoms with Gasteiger partial charge in [0.1, 0.15) is 11.5 Å². The molecule has 31 heavy (non-hydrogen) atoms. The third-order valence-corrected chi connectivity index (χ3v) is 6.50. The Morgan fingerprint density at radius 1 is 1.06 bits per heavy atom. The fraction of sp³-hybridized carbons (Fsp3) is 0.333.